The van der Waals surface area contributed by atoms with Crippen LogP contribution in [0.2, 0.25) is 0 Å². The van der Waals surface area contributed by atoms with Gasteiger partial charge in [0.05, 0.1) is 24.8 Å². The molecule has 0 amide bonds. The van der Waals surface area contributed by atoms with E-state index in [4.69, 9.17) is 0 Å². The second-order valence-electron chi connectivity index (χ2n) is 7.44. The van der Waals surface area contributed by atoms with Crippen molar-refractivity contribution in [3.8, 4) is 0 Å². The van der Waals surface area contributed by atoms with E-state index in [9.17, 15) is 14.3 Å². The molecular formula is C22H20FN5O2. The number of carbonyl (C=O) groups excluding carboxylic acids is 1. The van der Waals surface area contributed by atoms with Crippen LogP contribution in [0.1, 0.15) is 39.1 Å². The highest BCUT2D eigenvalue weighted by molar-refractivity contribution is 6.20. The van der Waals surface area contributed by atoms with Crippen LogP contribution < -0.4 is 5.32 Å². The number of aliphatic hydroxyl groups is 1. The minimum Gasteiger partial charge on any atom is -0.394 e. The molecule has 30 heavy (non-hydrogen) atoms. The van der Waals surface area contributed by atoms with Crippen LogP contribution >= 0.6 is 0 Å². The lowest BCUT2D eigenvalue weighted by atomic mass is 9.78. The van der Waals surface area contributed by atoms with Gasteiger partial charge in [0.25, 0.3) is 0 Å². The van der Waals surface area contributed by atoms with Gasteiger partial charge in [0, 0.05) is 29.3 Å². The first-order chi connectivity index (χ1) is 14.7. The van der Waals surface area contributed by atoms with E-state index in [-0.39, 0.29) is 30.8 Å². The number of halogens is 1. The first-order valence-corrected chi connectivity index (χ1v) is 9.86. The Kier molecular flexibility index (Phi) is 4.63. The normalized spacial score (nSPS) is 20.2. The third kappa shape index (κ3) is 3.00. The molecule has 0 fully saturated rings. The number of ketones is 1. The zero-order valence-electron chi connectivity index (χ0n) is 16.1. The maximum atomic E-state index is 14.3. The van der Waals surface area contributed by atoms with E-state index >= 15 is 0 Å². The molecule has 2 aliphatic rings. The van der Waals surface area contributed by atoms with E-state index in [1.54, 1.807) is 4.68 Å². The van der Waals surface area contributed by atoms with Gasteiger partial charge < -0.3 is 10.4 Å². The zero-order chi connectivity index (χ0) is 20.7. The van der Waals surface area contributed by atoms with Crippen molar-refractivity contribution in [3.63, 3.8) is 0 Å². The summed E-state index contributed by atoms with van der Waals surface area (Å²) in [5, 5.41) is 17.1. The van der Waals surface area contributed by atoms with Gasteiger partial charge in [0.2, 0.25) is 0 Å². The van der Waals surface area contributed by atoms with Gasteiger partial charge in [-0.2, -0.15) is 5.10 Å². The fraction of sp³-hybridized carbons (Fsp3) is 0.273. The highest BCUT2D eigenvalue weighted by Crippen LogP contribution is 2.42. The molecule has 0 aliphatic carbocycles. The third-order valence-corrected chi connectivity index (χ3v) is 5.73. The molecule has 2 atom stereocenters. The van der Waals surface area contributed by atoms with Crippen molar-refractivity contribution in [2.75, 3.05) is 25.0 Å². The van der Waals surface area contributed by atoms with E-state index < -0.39 is 5.82 Å². The summed E-state index contributed by atoms with van der Waals surface area (Å²) < 4.78 is 15.9. The number of nitrogens with one attached hydrogen (secondary N) is 1. The molecule has 0 saturated heterocycles. The number of benzene rings is 2. The molecule has 2 unspecified atom stereocenters. The van der Waals surface area contributed by atoms with Crippen LogP contribution in [-0.4, -0.2) is 51.1 Å². The molecular weight excluding hydrogens is 385 g/mol. The van der Waals surface area contributed by atoms with Crippen molar-refractivity contribution in [1.29, 1.82) is 0 Å². The number of hydrogen-bond acceptors (Lipinski definition) is 6. The number of hydrogen-bond donors (Lipinski definition) is 2. The summed E-state index contributed by atoms with van der Waals surface area (Å²) in [7, 11) is 0. The topological polar surface area (TPSA) is 92.4 Å². The number of rotatable bonds is 4. The summed E-state index contributed by atoms with van der Waals surface area (Å²) in [5.41, 5.74) is 3.31. The highest BCUT2D eigenvalue weighted by Gasteiger charge is 2.40. The third-order valence-electron chi connectivity index (χ3n) is 5.73. The van der Waals surface area contributed by atoms with E-state index in [0.717, 1.165) is 5.56 Å². The minimum atomic E-state index is -0.455. The Hall–Kier alpha value is -3.39. The summed E-state index contributed by atoms with van der Waals surface area (Å²) >= 11 is 0. The number of nitrogens with zero attached hydrogens (tertiary/aromatic N) is 4. The van der Waals surface area contributed by atoms with E-state index in [2.05, 4.69) is 20.4 Å². The quantitative estimate of drug-likeness (QED) is 0.695. The molecule has 0 bridgehead atoms. The number of aliphatic imine (C=N–C) groups is 1. The van der Waals surface area contributed by atoms with Gasteiger partial charge >= 0.3 is 0 Å². The second-order valence-corrected chi connectivity index (χ2v) is 7.44. The van der Waals surface area contributed by atoms with Crippen LogP contribution in [0.5, 0.6) is 0 Å². The van der Waals surface area contributed by atoms with Gasteiger partial charge in [-0.25, -0.2) is 14.1 Å². The molecule has 0 saturated carbocycles. The molecule has 2 aliphatic heterocycles. The Morgan fingerprint density at radius 2 is 2.07 bits per heavy atom. The highest BCUT2D eigenvalue weighted by atomic mass is 19.1. The fourth-order valence-electron chi connectivity index (χ4n) is 4.44. The van der Waals surface area contributed by atoms with Crippen LogP contribution in [0.15, 0.2) is 53.8 Å². The molecule has 1 aromatic heterocycles. The largest absolute Gasteiger partial charge is 0.394 e. The van der Waals surface area contributed by atoms with Crippen LogP contribution in [0.3, 0.4) is 0 Å². The molecule has 5 rings (SSSR count). The molecule has 3 aromatic rings. The molecule has 8 heteroatoms. The van der Waals surface area contributed by atoms with Gasteiger partial charge in [0.1, 0.15) is 24.5 Å². The summed E-state index contributed by atoms with van der Waals surface area (Å²) in [4.78, 5) is 21.7. The fourth-order valence-corrected chi connectivity index (χ4v) is 4.44. The lowest BCUT2D eigenvalue weighted by Crippen LogP contribution is -2.30. The zero-order valence-corrected chi connectivity index (χ0v) is 16.1. The lowest BCUT2D eigenvalue weighted by Gasteiger charge is -2.28. The van der Waals surface area contributed by atoms with Crippen molar-refractivity contribution in [2.45, 2.75) is 18.4 Å². The summed E-state index contributed by atoms with van der Waals surface area (Å²) in [6.45, 7) is 0.701. The maximum Gasteiger partial charge on any atom is 0.185 e. The van der Waals surface area contributed by atoms with Crippen molar-refractivity contribution in [3.05, 3.63) is 77.1 Å². The number of aliphatic hydroxyl groups excluding tert-OH is 1. The first-order valence-electron chi connectivity index (χ1n) is 9.86. The molecule has 2 aromatic carbocycles. The van der Waals surface area contributed by atoms with Gasteiger partial charge in [-0.05, 0) is 17.7 Å². The predicted molar refractivity (Wildman–Crippen MR) is 110 cm³/mol. The average Bonchev–Trinajstić information content (AvgIpc) is 3.14. The van der Waals surface area contributed by atoms with Crippen LogP contribution in [0, 0.1) is 5.82 Å². The molecule has 0 radical (unpaired) electrons. The molecule has 0 spiro atoms. The van der Waals surface area contributed by atoms with E-state index in [0.29, 0.717) is 41.4 Å². The second kappa shape index (κ2) is 7.46. The monoisotopic (exact) mass is 405 g/mol. The van der Waals surface area contributed by atoms with Crippen molar-refractivity contribution in [1.82, 2.24) is 14.8 Å². The lowest BCUT2D eigenvalue weighted by molar-refractivity contribution is 0.0999. The Labute approximate surface area is 172 Å². The number of aromatic nitrogens is 3. The first kappa shape index (κ1) is 18.6. The van der Waals surface area contributed by atoms with Crippen molar-refractivity contribution < 1.29 is 14.3 Å². The smallest absolute Gasteiger partial charge is 0.185 e. The maximum absolute atomic E-state index is 14.3. The van der Waals surface area contributed by atoms with E-state index in [1.165, 1.54) is 18.5 Å². The van der Waals surface area contributed by atoms with Gasteiger partial charge in [-0.1, -0.05) is 30.3 Å². The Balaban J connectivity index is 1.75. The summed E-state index contributed by atoms with van der Waals surface area (Å²) in [6, 6.07) is 12.7. The molecule has 2 N–H and O–H groups in total. The number of carbonyl (C=O) groups is 1. The van der Waals surface area contributed by atoms with Crippen LogP contribution in [0.4, 0.5) is 10.1 Å². The average molecular weight is 405 g/mol. The van der Waals surface area contributed by atoms with Gasteiger partial charge in [0.15, 0.2) is 5.78 Å². The predicted octanol–water partition coefficient (Wildman–Crippen LogP) is 2.39. The van der Waals surface area contributed by atoms with Crippen molar-refractivity contribution in [2.24, 2.45) is 4.99 Å². The standard InChI is InChI=1S/C22H20FN5O2/c23-14-8-15-18(30)11-25-21-19(15)17(9-14)24-10-16(13-4-2-1-3-5-13)20(21)22-26-12-27-28(22)6-7-29/h1-5,8-9,12,16,20,24,29H,6-7,10-11H2. The van der Waals surface area contributed by atoms with Gasteiger partial charge in [-0.3, -0.25) is 9.79 Å². The Morgan fingerprint density at radius 1 is 1.23 bits per heavy atom. The number of anilines is 1. The van der Waals surface area contributed by atoms with Crippen LogP contribution in [-0.2, 0) is 6.54 Å². The molecule has 3 heterocycles. The van der Waals surface area contributed by atoms with E-state index in [1.807, 2.05) is 30.3 Å². The van der Waals surface area contributed by atoms with Crippen molar-refractivity contribution >= 4 is 17.2 Å². The minimum absolute atomic E-state index is 0.0304. The number of Topliss-reactive ketones (excluding diaryl/α,β-unsaturated/α-hetero) is 1. The Morgan fingerprint density at radius 3 is 2.87 bits per heavy atom. The molecule has 7 nitrogen and oxygen atoms in total. The summed E-state index contributed by atoms with van der Waals surface area (Å²) in [6.07, 6.45) is 1.46. The summed E-state index contributed by atoms with van der Waals surface area (Å²) in [5.74, 6) is -0.388. The van der Waals surface area contributed by atoms with Gasteiger partial charge in [-0.15, -0.1) is 0 Å². The SMILES string of the molecule is O=C1CN=C2c3c(cc(F)cc31)NCC(c1ccccc1)C2c1ncnn1CCO. The Bertz CT molecular complexity index is 1140. The van der Waals surface area contributed by atoms with Crippen LogP contribution in [0.25, 0.3) is 0 Å². The molecule has 152 valence electrons.